The molecule has 0 aromatic heterocycles. The predicted octanol–water partition coefficient (Wildman–Crippen LogP) is 2.79. The molecule has 3 N–H and O–H groups in total. The fourth-order valence-corrected chi connectivity index (χ4v) is 1.83. The second-order valence-corrected chi connectivity index (χ2v) is 4.45. The second-order valence-electron chi connectivity index (χ2n) is 4.45. The molecule has 0 radical (unpaired) electrons. The number of benzene rings is 2. The molecule has 2 aromatic rings. The lowest BCUT2D eigenvalue weighted by Gasteiger charge is -2.09. The van der Waals surface area contributed by atoms with Crippen LogP contribution in [0, 0.1) is 18.6 Å². The number of nitrogens with one attached hydrogen (secondary N) is 1. The number of carbonyl (C=O) groups is 1. The Bertz CT molecular complexity index is 656. The van der Waals surface area contributed by atoms with Crippen LogP contribution in [0.5, 0.6) is 0 Å². The van der Waals surface area contributed by atoms with Crippen LogP contribution < -0.4 is 11.1 Å². The minimum atomic E-state index is -0.933. The molecule has 0 spiro atoms. The van der Waals surface area contributed by atoms with Crippen molar-refractivity contribution in [2.45, 2.75) is 13.5 Å². The minimum absolute atomic E-state index is 0.115. The van der Waals surface area contributed by atoms with Crippen LogP contribution in [0.4, 0.5) is 14.5 Å². The molecular weight excluding hydrogens is 262 g/mol. The number of rotatable bonds is 3. The van der Waals surface area contributed by atoms with Gasteiger partial charge in [0.1, 0.15) is 0 Å². The molecule has 0 aliphatic rings. The van der Waals surface area contributed by atoms with Gasteiger partial charge in [0, 0.05) is 17.8 Å². The zero-order valence-corrected chi connectivity index (χ0v) is 10.9. The monoisotopic (exact) mass is 276 g/mol. The highest BCUT2D eigenvalue weighted by molar-refractivity contribution is 5.96. The molecule has 0 saturated heterocycles. The molecule has 0 heterocycles. The molecule has 0 saturated carbocycles. The Labute approximate surface area is 115 Å². The number of nitrogen functional groups attached to an aromatic ring is 1. The van der Waals surface area contributed by atoms with Crippen molar-refractivity contribution in [1.82, 2.24) is 5.32 Å². The highest BCUT2D eigenvalue weighted by atomic mass is 19.2. The van der Waals surface area contributed by atoms with Gasteiger partial charge in [-0.3, -0.25) is 4.79 Å². The number of nitrogens with two attached hydrogens (primary N) is 1. The fourth-order valence-electron chi connectivity index (χ4n) is 1.83. The molecule has 0 aliphatic carbocycles. The summed E-state index contributed by atoms with van der Waals surface area (Å²) in [6.45, 7) is 1.87. The van der Waals surface area contributed by atoms with Crippen LogP contribution in [0.25, 0.3) is 0 Å². The average molecular weight is 276 g/mol. The Kier molecular flexibility index (Phi) is 3.98. The van der Waals surface area contributed by atoms with E-state index in [0.717, 1.165) is 12.1 Å². The van der Waals surface area contributed by atoms with Crippen LogP contribution >= 0.6 is 0 Å². The quantitative estimate of drug-likeness (QED) is 0.847. The van der Waals surface area contributed by atoms with Crippen molar-refractivity contribution in [2.75, 3.05) is 5.73 Å². The third-order valence-electron chi connectivity index (χ3n) is 3.06. The number of carbonyl (C=O) groups excluding carboxylic acids is 1. The third kappa shape index (κ3) is 2.93. The first-order valence-corrected chi connectivity index (χ1v) is 6.06. The van der Waals surface area contributed by atoms with E-state index in [1.807, 2.05) is 0 Å². The molecule has 5 heteroatoms. The number of amides is 1. The van der Waals surface area contributed by atoms with E-state index in [1.54, 1.807) is 25.1 Å². The van der Waals surface area contributed by atoms with E-state index in [-0.39, 0.29) is 12.5 Å². The zero-order valence-electron chi connectivity index (χ0n) is 10.9. The van der Waals surface area contributed by atoms with Gasteiger partial charge in [0.05, 0.1) is 0 Å². The molecular formula is C15H14F2N2O. The molecule has 0 atom stereocenters. The molecule has 1 amide bonds. The van der Waals surface area contributed by atoms with Crippen molar-refractivity contribution in [2.24, 2.45) is 0 Å². The average Bonchev–Trinajstić information content (AvgIpc) is 2.43. The molecule has 0 aliphatic heterocycles. The Balaban J connectivity index is 2.08. The van der Waals surface area contributed by atoms with Gasteiger partial charge in [-0.1, -0.05) is 12.1 Å². The minimum Gasteiger partial charge on any atom is -0.398 e. The van der Waals surface area contributed by atoms with Crippen molar-refractivity contribution >= 4 is 11.6 Å². The van der Waals surface area contributed by atoms with Crippen molar-refractivity contribution in [1.29, 1.82) is 0 Å². The lowest BCUT2D eigenvalue weighted by molar-refractivity contribution is 0.0950. The summed E-state index contributed by atoms with van der Waals surface area (Å²) in [5.74, 6) is -2.15. The van der Waals surface area contributed by atoms with Gasteiger partial charge in [-0.15, -0.1) is 0 Å². The smallest absolute Gasteiger partial charge is 0.251 e. The van der Waals surface area contributed by atoms with Crippen LogP contribution in [0.2, 0.25) is 0 Å². The molecule has 0 fully saturated rings. The Morgan fingerprint density at radius 3 is 2.65 bits per heavy atom. The van der Waals surface area contributed by atoms with Gasteiger partial charge >= 0.3 is 0 Å². The predicted molar refractivity (Wildman–Crippen MR) is 73.1 cm³/mol. The topological polar surface area (TPSA) is 55.1 Å². The summed E-state index contributed by atoms with van der Waals surface area (Å²) >= 11 is 0. The summed E-state index contributed by atoms with van der Waals surface area (Å²) in [5.41, 5.74) is 7.90. The van der Waals surface area contributed by atoms with E-state index in [1.165, 1.54) is 6.07 Å². The zero-order chi connectivity index (χ0) is 14.7. The van der Waals surface area contributed by atoms with Crippen molar-refractivity contribution in [3.8, 4) is 0 Å². The maximum Gasteiger partial charge on any atom is 0.251 e. The Morgan fingerprint density at radius 2 is 1.95 bits per heavy atom. The van der Waals surface area contributed by atoms with Crippen LogP contribution in [-0.4, -0.2) is 5.91 Å². The van der Waals surface area contributed by atoms with E-state index >= 15 is 0 Å². The van der Waals surface area contributed by atoms with Gasteiger partial charge in [-0.2, -0.15) is 0 Å². The first-order valence-electron chi connectivity index (χ1n) is 6.06. The number of anilines is 1. The second kappa shape index (κ2) is 5.69. The highest BCUT2D eigenvalue weighted by Gasteiger charge is 2.10. The lowest BCUT2D eigenvalue weighted by Crippen LogP contribution is -2.24. The molecule has 2 aromatic carbocycles. The van der Waals surface area contributed by atoms with Crippen LogP contribution in [0.3, 0.4) is 0 Å². The van der Waals surface area contributed by atoms with Crippen molar-refractivity contribution < 1.29 is 13.6 Å². The fraction of sp³-hybridized carbons (Fsp3) is 0.133. The molecule has 104 valence electrons. The van der Waals surface area contributed by atoms with Crippen LogP contribution in [0.15, 0.2) is 36.4 Å². The maximum absolute atomic E-state index is 13.0. The summed E-state index contributed by atoms with van der Waals surface area (Å²) in [4.78, 5) is 12.0. The van der Waals surface area contributed by atoms with Crippen LogP contribution in [-0.2, 0) is 6.54 Å². The first-order chi connectivity index (χ1) is 9.49. The van der Waals surface area contributed by atoms with E-state index in [9.17, 15) is 13.6 Å². The number of halogens is 2. The van der Waals surface area contributed by atoms with E-state index in [4.69, 9.17) is 5.73 Å². The molecule has 2 rings (SSSR count). The van der Waals surface area contributed by atoms with E-state index in [2.05, 4.69) is 5.32 Å². The molecule has 0 unspecified atom stereocenters. The molecule has 20 heavy (non-hydrogen) atoms. The van der Waals surface area contributed by atoms with Gasteiger partial charge in [-0.05, 0) is 42.3 Å². The number of hydrogen-bond donors (Lipinski definition) is 2. The van der Waals surface area contributed by atoms with E-state index in [0.29, 0.717) is 22.4 Å². The SMILES string of the molecule is Cc1c(N)cccc1C(=O)NCc1ccc(F)c(F)c1. The summed E-state index contributed by atoms with van der Waals surface area (Å²) < 4.78 is 25.8. The maximum atomic E-state index is 13.0. The van der Waals surface area contributed by atoms with Gasteiger partial charge in [0.2, 0.25) is 0 Å². The van der Waals surface area contributed by atoms with Gasteiger partial charge in [0.15, 0.2) is 11.6 Å². The first kappa shape index (κ1) is 14.0. The van der Waals surface area contributed by atoms with Gasteiger partial charge in [-0.25, -0.2) is 8.78 Å². The number of hydrogen-bond acceptors (Lipinski definition) is 2. The third-order valence-corrected chi connectivity index (χ3v) is 3.06. The van der Waals surface area contributed by atoms with Crippen molar-refractivity contribution in [3.05, 3.63) is 64.7 Å². The Morgan fingerprint density at radius 1 is 1.20 bits per heavy atom. The summed E-state index contributed by atoms with van der Waals surface area (Å²) in [5, 5.41) is 2.65. The van der Waals surface area contributed by atoms with Gasteiger partial charge < -0.3 is 11.1 Å². The Hall–Kier alpha value is -2.43. The lowest BCUT2D eigenvalue weighted by atomic mass is 10.1. The van der Waals surface area contributed by atoms with Crippen LogP contribution in [0.1, 0.15) is 21.5 Å². The highest BCUT2D eigenvalue weighted by Crippen LogP contribution is 2.15. The molecule has 0 bridgehead atoms. The van der Waals surface area contributed by atoms with E-state index < -0.39 is 11.6 Å². The molecule has 3 nitrogen and oxygen atoms in total. The summed E-state index contributed by atoms with van der Waals surface area (Å²) in [6.07, 6.45) is 0. The summed E-state index contributed by atoms with van der Waals surface area (Å²) in [6, 6.07) is 8.57. The van der Waals surface area contributed by atoms with Crippen molar-refractivity contribution in [3.63, 3.8) is 0 Å². The normalized spacial score (nSPS) is 10.3. The standard InChI is InChI=1S/C15H14F2N2O/c1-9-11(3-2-4-14(9)18)15(20)19-8-10-5-6-12(16)13(17)7-10/h2-7H,8,18H2,1H3,(H,19,20). The largest absolute Gasteiger partial charge is 0.398 e. The van der Waals surface area contributed by atoms with Gasteiger partial charge in [0.25, 0.3) is 5.91 Å². The summed E-state index contributed by atoms with van der Waals surface area (Å²) in [7, 11) is 0.